The van der Waals surface area contributed by atoms with E-state index in [1.54, 1.807) is 0 Å². The van der Waals surface area contributed by atoms with E-state index in [9.17, 15) is 19.0 Å². The molecule has 0 heterocycles. The molecule has 0 rings (SSSR count). The van der Waals surface area contributed by atoms with E-state index in [4.69, 9.17) is 24.3 Å². The average Bonchev–Trinajstić information content (AvgIpc) is 3.22. The predicted molar refractivity (Wildman–Crippen MR) is 247 cm³/mol. The fraction of sp³-hybridized carbons (Fsp3) is 0.837. The van der Waals surface area contributed by atoms with Crippen molar-refractivity contribution in [1.29, 1.82) is 0 Å². The molecule has 0 saturated heterocycles. The number of carbonyl (C=O) groups excluding carboxylic acids is 2. The van der Waals surface area contributed by atoms with Crippen LogP contribution in [-0.4, -0.2) is 49.3 Å². The third-order valence-corrected chi connectivity index (χ3v) is 11.5. The molecular formula is C49H92NO8P. The topological polar surface area (TPSA) is 134 Å². The molecule has 0 aromatic rings. The van der Waals surface area contributed by atoms with Crippen LogP contribution in [0.1, 0.15) is 232 Å². The first-order chi connectivity index (χ1) is 28.8. The maximum Gasteiger partial charge on any atom is 0.472 e. The van der Waals surface area contributed by atoms with Crippen molar-refractivity contribution in [2.75, 3.05) is 26.4 Å². The van der Waals surface area contributed by atoms with E-state index in [-0.39, 0.29) is 38.6 Å². The highest BCUT2D eigenvalue weighted by atomic mass is 31.2. The van der Waals surface area contributed by atoms with Gasteiger partial charge in [-0.3, -0.25) is 18.6 Å². The summed E-state index contributed by atoms with van der Waals surface area (Å²) < 4.78 is 32.9. The normalized spacial score (nSPS) is 13.5. The first kappa shape index (κ1) is 57.2. The Bertz CT molecular complexity index is 1060. The second-order valence-corrected chi connectivity index (χ2v) is 17.8. The molecule has 0 spiro atoms. The fourth-order valence-electron chi connectivity index (χ4n) is 6.84. The molecule has 0 aliphatic heterocycles. The highest BCUT2D eigenvalue weighted by Crippen LogP contribution is 2.43. The minimum absolute atomic E-state index is 0.0521. The Kier molecular flexibility index (Phi) is 44.4. The molecular weight excluding hydrogens is 762 g/mol. The summed E-state index contributed by atoms with van der Waals surface area (Å²) >= 11 is 0. The number of nitrogens with two attached hydrogens (primary N) is 1. The van der Waals surface area contributed by atoms with Crippen LogP contribution in [0.4, 0.5) is 0 Å². The molecule has 0 bridgehead atoms. The van der Waals surface area contributed by atoms with Gasteiger partial charge in [0.15, 0.2) is 6.10 Å². The Hall–Kier alpha value is -1.77. The van der Waals surface area contributed by atoms with Crippen molar-refractivity contribution < 1.29 is 37.6 Å². The SMILES string of the molecule is CCCCC/C=C\C/C=C\CCCCCCCCCC(=O)O[C@H](COC(=O)CCCCCCCCCCCCC/C=C\CCCCCCCC)COP(=O)(O)OCCN. The molecule has 0 fully saturated rings. The van der Waals surface area contributed by atoms with Gasteiger partial charge in [0.2, 0.25) is 0 Å². The zero-order chi connectivity index (χ0) is 43.2. The van der Waals surface area contributed by atoms with Gasteiger partial charge < -0.3 is 20.1 Å². The van der Waals surface area contributed by atoms with E-state index in [1.165, 1.54) is 148 Å². The van der Waals surface area contributed by atoms with Crippen molar-refractivity contribution in [3.05, 3.63) is 36.5 Å². The van der Waals surface area contributed by atoms with Gasteiger partial charge in [0.05, 0.1) is 13.2 Å². The number of unbranched alkanes of at least 4 members (excludes halogenated alkanes) is 27. The molecule has 3 N–H and O–H groups in total. The van der Waals surface area contributed by atoms with E-state index in [0.29, 0.717) is 6.42 Å². The Morgan fingerprint density at radius 2 is 0.881 bits per heavy atom. The molecule has 9 nitrogen and oxygen atoms in total. The van der Waals surface area contributed by atoms with Crippen molar-refractivity contribution in [1.82, 2.24) is 0 Å². The molecule has 10 heteroatoms. The van der Waals surface area contributed by atoms with Gasteiger partial charge in [-0.05, 0) is 70.6 Å². The van der Waals surface area contributed by atoms with Crippen LogP contribution in [0.2, 0.25) is 0 Å². The summed E-state index contributed by atoms with van der Waals surface area (Å²) in [5.41, 5.74) is 5.36. The van der Waals surface area contributed by atoms with E-state index in [0.717, 1.165) is 51.4 Å². The fourth-order valence-corrected chi connectivity index (χ4v) is 7.60. The summed E-state index contributed by atoms with van der Waals surface area (Å²) in [6, 6.07) is 0. The quantitative estimate of drug-likeness (QED) is 0.0265. The van der Waals surface area contributed by atoms with Gasteiger partial charge in [-0.15, -0.1) is 0 Å². The van der Waals surface area contributed by atoms with Gasteiger partial charge in [0.25, 0.3) is 0 Å². The average molecular weight is 854 g/mol. The van der Waals surface area contributed by atoms with E-state index in [2.05, 4.69) is 50.3 Å². The van der Waals surface area contributed by atoms with Crippen LogP contribution >= 0.6 is 7.82 Å². The third kappa shape index (κ3) is 45.6. The van der Waals surface area contributed by atoms with E-state index < -0.39 is 26.5 Å². The Morgan fingerprint density at radius 1 is 0.508 bits per heavy atom. The molecule has 346 valence electrons. The molecule has 0 amide bonds. The lowest BCUT2D eigenvalue weighted by Crippen LogP contribution is -2.29. The van der Waals surface area contributed by atoms with Crippen LogP contribution in [0.5, 0.6) is 0 Å². The molecule has 0 saturated carbocycles. The summed E-state index contributed by atoms with van der Waals surface area (Å²) in [5, 5.41) is 0. The lowest BCUT2D eigenvalue weighted by molar-refractivity contribution is -0.161. The first-order valence-electron chi connectivity index (χ1n) is 24.5. The molecule has 59 heavy (non-hydrogen) atoms. The van der Waals surface area contributed by atoms with Crippen LogP contribution < -0.4 is 5.73 Å². The molecule has 0 radical (unpaired) electrons. The minimum Gasteiger partial charge on any atom is -0.462 e. The zero-order valence-corrected chi connectivity index (χ0v) is 39.1. The summed E-state index contributed by atoms with van der Waals surface area (Å²) in [6.45, 7) is 3.72. The van der Waals surface area contributed by atoms with Gasteiger partial charge in [-0.25, -0.2) is 4.57 Å². The van der Waals surface area contributed by atoms with Crippen molar-refractivity contribution in [2.45, 2.75) is 238 Å². The van der Waals surface area contributed by atoms with Crippen LogP contribution in [0.25, 0.3) is 0 Å². The molecule has 0 aromatic carbocycles. The Labute approximate surface area is 363 Å². The largest absolute Gasteiger partial charge is 0.472 e. The Balaban J connectivity index is 4.06. The number of esters is 2. The number of carbonyl (C=O) groups is 2. The van der Waals surface area contributed by atoms with Crippen LogP contribution in [0, 0.1) is 0 Å². The van der Waals surface area contributed by atoms with Gasteiger partial charge in [0.1, 0.15) is 6.61 Å². The highest BCUT2D eigenvalue weighted by molar-refractivity contribution is 7.47. The van der Waals surface area contributed by atoms with Crippen molar-refractivity contribution in [2.24, 2.45) is 5.73 Å². The lowest BCUT2D eigenvalue weighted by Gasteiger charge is -2.19. The molecule has 2 atom stereocenters. The summed E-state index contributed by atoms with van der Waals surface area (Å²) in [6.07, 6.45) is 51.7. The minimum atomic E-state index is -4.38. The second-order valence-electron chi connectivity index (χ2n) is 16.3. The van der Waals surface area contributed by atoms with Crippen LogP contribution in [0.15, 0.2) is 36.5 Å². The van der Waals surface area contributed by atoms with E-state index >= 15 is 0 Å². The number of phosphoric ester groups is 1. The summed E-state index contributed by atoms with van der Waals surface area (Å²) in [5.74, 6) is -0.832. The number of hydrogen-bond acceptors (Lipinski definition) is 8. The van der Waals surface area contributed by atoms with Gasteiger partial charge in [-0.1, -0.05) is 185 Å². The standard InChI is InChI=1S/C49H92NO8P/c1-3-5-7-9-11-13-15-17-19-21-22-23-24-26-27-29-31-33-35-37-39-41-48(51)55-45-47(46-57-59(53,54)56-44-43-50)58-49(52)42-40-38-36-34-32-30-28-25-20-18-16-14-12-10-8-6-4-2/h12,14,17-20,47H,3-11,13,15-16,21-46,50H2,1-2H3,(H,53,54)/b14-12-,19-17-,20-18-/t47-/m1/s1. The Morgan fingerprint density at radius 3 is 1.34 bits per heavy atom. The van der Waals surface area contributed by atoms with E-state index in [1.807, 2.05) is 0 Å². The molecule has 1 unspecified atom stereocenters. The number of ether oxygens (including phenoxy) is 2. The summed E-state index contributed by atoms with van der Waals surface area (Å²) in [4.78, 5) is 35.0. The smallest absolute Gasteiger partial charge is 0.462 e. The molecule has 0 aliphatic rings. The van der Waals surface area contributed by atoms with Gasteiger partial charge in [0, 0.05) is 19.4 Å². The van der Waals surface area contributed by atoms with Crippen molar-refractivity contribution in [3.8, 4) is 0 Å². The lowest BCUT2D eigenvalue weighted by atomic mass is 10.0. The zero-order valence-electron chi connectivity index (χ0n) is 38.2. The number of hydrogen-bond donors (Lipinski definition) is 2. The van der Waals surface area contributed by atoms with Crippen molar-refractivity contribution in [3.63, 3.8) is 0 Å². The second kappa shape index (κ2) is 45.7. The molecule has 0 aromatic heterocycles. The van der Waals surface area contributed by atoms with Gasteiger partial charge >= 0.3 is 19.8 Å². The third-order valence-electron chi connectivity index (χ3n) is 10.5. The van der Waals surface area contributed by atoms with Crippen LogP contribution in [-0.2, 0) is 32.7 Å². The van der Waals surface area contributed by atoms with Crippen molar-refractivity contribution >= 4 is 19.8 Å². The number of rotatable bonds is 46. The van der Waals surface area contributed by atoms with Crippen LogP contribution in [0.3, 0.4) is 0 Å². The summed E-state index contributed by atoms with van der Waals surface area (Å²) in [7, 11) is -4.38. The predicted octanol–water partition coefficient (Wildman–Crippen LogP) is 14.5. The first-order valence-corrected chi connectivity index (χ1v) is 26.0. The van der Waals surface area contributed by atoms with Gasteiger partial charge in [-0.2, -0.15) is 0 Å². The number of allylic oxidation sites excluding steroid dienone is 6. The monoisotopic (exact) mass is 854 g/mol. The maximum absolute atomic E-state index is 12.6. The maximum atomic E-state index is 12.6. The number of phosphoric acid groups is 1. The molecule has 0 aliphatic carbocycles. The highest BCUT2D eigenvalue weighted by Gasteiger charge is 2.26.